The van der Waals surface area contributed by atoms with Crippen LogP contribution < -0.4 is 5.73 Å². The van der Waals surface area contributed by atoms with Crippen molar-refractivity contribution in [2.45, 2.75) is 38.1 Å². The molecule has 0 spiro atoms. The van der Waals surface area contributed by atoms with Gasteiger partial charge in [0.25, 0.3) is 0 Å². The number of hydrogen-bond acceptors (Lipinski definition) is 3. The molecule has 0 aromatic rings. The van der Waals surface area contributed by atoms with Crippen molar-refractivity contribution in [3.05, 3.63) is 0 Å². The molecule has 13 heavy (non-hydrogen) atoms. The molecule has 1 rings (SSSR count). The van der Waals surface area contributed by atoms with Crippen LogP contribution in [0.1, 0.15) is 20.8 Å². The average Bonchev–Trinajstić information content (AvgIpc) is 2.08. The Balaban J connectivity index is 2.62. The third-order valence-electron chi connectivity index (χ3n) is 2.84. The molecule has 0 saturated carbocycles. The van der Waals surface area contributed by atoms with E-state index in [4.69, 9.17) is 18.0 Å². The van der Waals surface area contributed by atoms with Crippen LogP contribution in [0.3, 0.4) is 0 Å². The van der Waals surface area contributed by atoms with Crippen LogP contribution in [0.15, 0.2) is 0 Å². The number of rotatable bonds is 2. The van der Waals surface area contributed by atoms with Gasteiger partial charge in [0.2, 0.25) is 0 Å². The zero-order valence-electron chi connectivity index (χ0n) is 8.49. The van der Waals surface area contributed by atoms with Crippen LogP contribution in [0.4, 0.5) is 0 Å². The summed E-state index contributed by atoms with van der Waals surface area (Å²) in [5, 5.41) is 0.686. The van der Waals surface area contributed by atoms with Crippen LogP contribution in [0, 0.1) is 0 Å². The summed E-state index contributed by atoms with van der Waals surface area (Å²) in [7, 11) is 0. The Labute approximate surface area is 90.2 Å². The van der Waals surface area contributed by atoms with Crippen LogP contribution in [-0.4, -0.2) is 39.5 Å². The number of thioether (sulfide) groups is 1. The maximum atomic E-state index is 5.66. The minimum Gasteiger partial charge on any atom is -0.392 e. The molecule has 1 heterocycles. The van der Waals surface area contributed by atoms with E-state index >= 15 is 0 Å². The van der Waals surface area contributed by atoms with Gasteiger partial charge in [-0.1, -0.05) is 19.1 Å². The standard InChI is InChI=1S/C9H18N2S2/c1-6-8(3)13-5-4-11(6)7(2)9(10)12/h6-8H,4-5H2,1-3H3,(H2,10,12). The molecule has 1 fully saturated rings. The van der Waals surface area contributed by atoms with Gasteiger partial charge in [-0.25, -0.2) is 0 Å². The van der Waals surface area contributed by atoms with Gasteiger partial charge < -0.3 is 5.73 Å². The Morgan fingerprint density at radius 3 is 2.77 bits per heavy atom. The van der Waals surface area contributed by atoms with E-state index in [0.717, 1.165) is 6.54 Å². The fraction of sp³-hybridized carbons (Fsp3) is 0.889. The normalized spacial score (nSPS) is 32.8. The molecule has 0 bridgehead atoms. The van der Waals surface area contributed by atoms with Crippen LogP contribution >= 0.6 is 24.0 Å². The number of hydrogen-bond donors (Lipinski definition) is 1. The average molecular weight is 218 g/mol. The number of thiocarbonyl (C=S) groups is 1. The molecule has 0 aromatic carbocycles. The maximum Gasteiger partial charge on any atom is 0.0899 e. The summed E-state index contributed by atoms with van der Waals surface area (Å²) >= 11 is 7.05. The zero-order valence-corrected chi connectivity index (χ0v) is 10.1. The Bertz CT molecular complexity index is 196. The van der Waals surface area contributed by atoms with Gasteiger partial charge in [0, 0.05) is 23.6 Å². The van der Waals surface area contributed by atoms with Gasteiger partial charge in [0.1, 0.15) is 0 Å². The summed E-state index contributed by atoms with van der Waals surface area (Å²) in [6, 6.07) is 0.823. The van der Waals surface area contributed by atoms with E-state index in [1.54, 1.807) is 0 Å². The van der Waals surface area contributed by atoms with E-state index in [2.05, 4.69) is 25.7 Å². The molecule has 1 saturated heterocycles. The smallest absolute Gasteiger partial charge is 0.0899 e. The Morgan fingerprint density at radius 1 is 1.62 bits per heavy atom. The minimum absolute atomic E-state index is 0.244. The van der Waals surface area contributed by atoms with E-state index in [1.165, 1.54) is 5.75 Å². The van der Waals surface area contributed by atoms with Crippen molar-refractivity contribution in [1.82, 2.24) is 4.90 Å². The molecule has 3 atom stereocenters. The molecule has 0 amide bonds. The van der Waals surface area contributed by atoms with Gasteiger partial charge in [0.15, 0.2) is 0 Å². The first-order chi connectivity index (χ1) is 6.04. The van der Waals surface area contributed by atoms with Gasteiger partial charge in [-0.2, -0.15) is 11.8 Å². The molecule has 2 N–H and O–H groups in total. The van der Waals surface area contributed by atoms with Crippen molar-refractivity contribution in [1.29, 1.82) is 0 Å². The molecular weight excluding hydrogens is 200 g/mol. The van der Waals surface area contributed by atoms with Crippen molar-refractivity contribution >= 4 is 29.0 Å². The molecule has 4 heteroatoms. The summed E-state index contributed by atoms with van der Waals surface area (Å²) in [6.07, 6.45) is 0. The topological polar surface area (TPSA) is 29.3 Å². The Morgan fingerprint density at radius 2 is 2.23 bits per heavy atom. The van der Waals surface area contributed by atoms with E-state index in [-0.39, 0.29) is 6.04 Å². The summed E-state index contributed by atoms with van der Waals surface area (Å²) in [6.45, 7) is 7.73. The van der Waals surface area contributed by atoms with Gasteiger partial charge in [0.05, 0.1) is 11.0 Å². The van der Waals surface area contributed by atoms with Gasteiger partial charge >= 0.3 is 0 Å². The van der Waals surface area contributed by atoms with Crippen molar-refractivity contribution in [3.8, 4) is 0 Å². The summed E-state index contributed by atoms with van der Waals surface area (Å²) in [5.41, 5.74) is 5.66. The lowest BCUT2D eigenvalue weighted by molar-refractivity contribution is 0.195. The van der Waals surface area contributed by atoms with E-state index < -0.39 is 0 Å². The number of nitrogens with two attached hydrogens (primary N) is 1. The number of nitrogens with zero attached hydrogens (tertiary/aromatic N) is 1. The minimum atomic E-state index is 0.244. The van der Waals surface area contributed by atoms with Gasteiger partial charge in [-0.3, -0.25) is 4.90 Å². The second kappa shape index (κ2) is 4.62. The lowest BCUT2D eigenvalue weighted by atomic mass is 10.1. The quantitative estimate of drug-likeness (QED) is 0.711. The SMILES string of the molecule is CC1SCCN(C(C)C(N)=S)C1C. The largest absolute Gasteiger partial charge is 0.392 e. The van der Waals surface area contributed by atoms with Crippen molar-refractivity contribution in [3.63, 3.8) is 0 Å². The predicted octanol–water partition coefficient (Wildman–Crippen LogP) is 1.49. The van der Waals surface area contributed by atoms with Crippen molar-refractivity contribution in [2.75, 3.05) is 12.3 Å². The zero-order chi connectivity index (χ0) is 10.0. The summed E-state index contributed by atoms with van der Waals surface area (Å²) in [4.78, 5) is 3.02. The lowest BCUT2D eigenvalue weighted by Gasteiger charge is -2.40. The van der Waals surface area contributed by atoms with Crippen LogP contribution in [0.25, 0.3) is 0 Å². The second-order valence-electron chi connectivity index (χ2n) is 3.63. The first-order valence-electron chi connectivity index (χ1n) is 4.70. The third kappa shape index (κ3) is 2.58. The molecule has 76 valence electrons. The van der Waals surface area contributed by atoms with E-state index in [1.807, 2.05) is 11.8 Å². The fourth-order valence-corrected chi connectivity index (χ4v) is 2.92. The van der Waals surface area contributed by atoms with E-state index in [9.17, 15) is 0 Å². The van der Waals surface area contributed by atoms with Crippen molar-refractivity contribution < 1.29 is 0 Å². The maximum absolute atomic E-state index is 5.66. The lowest BCUT2D eigenvalue weighted by Crippen LogP contribution is -2.52. The first-order valence-corrected chi connectivity index (χ1v) is 6.16. The highest BCUT2D eigenvalue weighted by Gasteiger charge is 2.29. The van der Waals surface area contributed by atoms with Gasteiger partial charge in [-0.15, -0.1) is 0 Å². The highest BCUT2D eigenvalue weighted by molar-refractivity contribution is 8.00. The molecular formula is C9H18N2S2. The fourth-order valence-electron chi connectivity index (χ4n) is 1.67. The van der Waals surface area contributed by atoms with Crippen LogP contribution in [0.2, 0.25) is 0 Å². The molecule has 2 nitrogen and oxygen atoms in total. The monoisotopic (exact) mass is 218 g/mol. The van der Waals surface area contributed by atoms with Crippen LogP contribution in [0.5, 0.6) is 0 Å². The molecule has 1 aliphatic heterocycles. The van der Waals surface area contributed by atoms with Crippen molar-refractivity contribution in [2.24, 2.45) is 5.73 Å². The first kappa shape index (κ1) is 11.3. The Hall–Kier alpha value is 0.200. The van der Waals surface area contributed by atoms with E-state index in [0.29, 0.717) is 16.3 Å². The predicted molar refractivity (Wildman–Crippen MR) is 64.3 cm³/mol. The third-order valence-corrected chi connectivity index (χ3v) is 4.52. The highest BCUT2D eigenvalue weighted by Crippen LogP contribution is 2.25. The molecule has 0 aromatic heterocycles. The Kier molecular flexibility index (Phi) is 4.01. The second-order valence-corrected chi connectivity index (χ2v) is 5.59. The summed E-state index contributed by atoms with van der Waals surface area (Å²) in [5.74, 6) is 1.19. The summed E-state index contributed by atoms with van der Waals surface area (Å²) < 4.78 is 0. The van der Waals surface area contributed by atoms with Gasteiger partial charge in [-0.05, 0) is 13.8 Å². The molecule has 0 radical (unpaired) electrons. The molecule has 1 aliphatic rings. The van der Waals surface area contributed by atoms with Crippen LogP contribution in [-0.2, 0) is 0 Å². The molecule has 3 unspecified atom stereocenters. The highest BCUT2D eigenvalue weighted by atomic mass is 32.2. The molecule has 0 aliphatic carbocycles.